The number of halogens is 3. The fourth-order valence-corrected chi connectivity index (χ4v) is 1.74. The molecular formula is C11H10F3NO. The summed E-state index contributed by atoms with van der Waals surface area (Å²) in [5.74, 6) is -0.731. The molecular weight excluding hydrogens is 219 g/mol. The summed E-state index contributed by atoms with van der Waals surface area (Å²) in [6, 6.07) is 3.85. The Morgan fingerprint density at radius 2 is 1.81 bits per heavy atom. The van der Waals surface area contributed by atoms with Crippen LogP contribution in [0.3, 0.4) is 0 Å². The Hall–Kier alpha value is -1.65. The molecule has 16 heavy (non-hydrogen) atoms. The average Bonchev–Trinajstić information content (AvgIpc) is 2.39. The van der Waals surface area contributed by atoms with Crippen LogP contribution in [-0.2, 0) is 13.2 Å². The van der Waals surface area contributed by atoms with E-state index in [2.05, 4.69) is 0 Å². The molecule has 0 bridgehead atoms. The topological polar surface area (TPSA) is 25.2 Å². The van der Waals surface area contributed by atoms with Crippen molar-refractivity contribution in [3.63, 3.8) is 0 Å². The van der Waals surface area contributed by atoms with Gasteiger partial charge in [-0.15, -0.1) is 0 Å². The molecule has 5 heteroatoms. The van der Waals surface area contributed by atoms with Crippen LogP contribution >= 0.6 is 0 Å². The lowest BCUT2D eigenvalue weighted by molar-refractivity contribution is -0.138. The number of aromatic hydroxyl groups is 1. The van der Waals surface area contributed by atoms with E-state index < -0.39 is 17.5 Å². The van der Waals surface area contributed by atoms with E-state index in [0.717, 1.165) is 17.8 Å². The normalized spacial score (nSPS) is 12.3. The third-order valence-electron chi connectivity index (χ3n) is 2.71. The highest BCUT2D eigenvalue weighted by Gasteiger charge is 2.34. The first kappa shape index (κ1) is 10.9. The number of nitrogens with zero attached hydrogens (tertiary/aromatic N) is 1. The molecule has 1 heterocycles. The largest absolute Gasteiger partial charge is 0.507 e. The Morgan fingerprint density at radius 1 is 1.19 bits per heavy atom. The van der Waals surface area contributed by atoms with Gasteiger partial charge in [0, 0.05) is 23.6 Å². The molecule has 2 rings (SSSR count). The molecule has 1 aromatic carbocycles. The molecule has 0 atom stereocenters. The second-order valence-electron chi connectivity index (χ2n) is 3.77. The van der Waals surface area contributed by atoms with E-state index >= 15 is 0 Å². The third-order valence-corrected chi connectivity index (χ3v) is 2.71. The Bertz CT molecular complexity index is 554. The van der Waals surface area contributed by atoms with E-state index in [4.69, 9.17) is 0 Å². The van der Waals surface area contributed by atoms with Gasteiger partial charge in [0.1, 0.15) is 5.75 Å². The van der Waals surface area contributed by atoms with Crippen molar-refractivity contribution in [2.24, 2.45) is 7.05 Å². The molecule has 0 aliphatic rings. The molecule has 0 amide bonds. The first-order valence-electron chi connectivity index (χ1n) is 4.67. The van der Waals surface area contributed by atoms with Gasteiger partial charge in [0.05, 0.1) is 5.56 Å². The molecule has 0 aliphatic heterocycles. The number of alkyl halides is 3. The van der Waals surface area contributed by atoms with Gasteiger partial charge in [0.15, 0.2) is 0 Å². The zero-order valence-corrected chi connectivity index (χ0v) is 8.76. The summed E-state index contributed by atoms with van der Waals surface area (Å²) in [6.07, 6.45) is -4.53. The summed E-state index contributed by atoms with van der Waals surface area (Å²) in [5.41, 5.74) is 0.303. The molecule has 2 aromatic rings. The van der Waals surface area contributed by atoms with Crippen molar-refractivity contribution in [3.05, 3.63) is 29.5 Å². The van der Waals surface area contributed by atoms with Gasteiger partial charge in [-0.2, -0.15) is 13.2 Å². The van der Waals surface area contributed by atoms with Gasteiger partial charge in [-0.3, -0.25) is 0 Å². The predicted molar refractivity (Wildman–Crippen MR) is 54.3 cm³/mol. The number of rotatable bonds is 0. The van der Waals surface area contributed by atoms with Gasteiger partial charge in [-0.1, -0.05) is 0 Å². The SMILES string of the molecule is Cc1cc2cc(O)c(C(F)(F)F)cc2n1C. The van der Waals surface area contributed by atoms with Gasteiger partial charge in [-0.05, 0) is 25.1 Å². The van der Waals surface area contributed by atoms with E-state index in [1.54, 1.807) is 24.6 Å². The number of fused-ring (bicyclic) bond motifs is 1. The fourth-order valence-electron chi connectivity index (χ4n) is 1.74. The van der Waals surface area contributed by atoms with Crippen LogP contribution in [0.2, 0.25) is 0 Å². The minimum Gasteiger partial charge on any atom is -0.507 e. The minimum atomic E-state index is -4.53. The first-order valence-corrected chi connectivity index (χ1v) is 4.67. The van der Waals surface area contributed by atoms with Crippen LogP contribution in [0.4, 0.5) is 13.2 Å². The van der Waals surface area contributed by atoms with Crippen LogP contribution in [0.1, 0.15) is 11.3 Å². The molecule has 0 unspecified atom stereocenters. The van der Waals surface area contributed by atoms with E-state index in [9.17, 15) is 18.3 Å². The Morgan fingerprint density at radius 3 is 2.38 bits per heavy atom. The highest BCUT2D eigenvalue weighted by molar-refractivity contribution is 5.84. The molecule has 0 spiro atoms. The number of phenols is 1. The molecule has 86 valence electrons. The zero-order chi connectivity index (χ0) is 12.1. The van der Waals surface area contributed by atoms with E-state index in [-0.39, 0.29) is 0 Å². The summed E-state index contributed by atoms with van der Waals surface area (Å²) in [7, 11) is 1.69. The number of phenolic OH excluding ortho intramolecular Hbond substituents is 1. The second-order valence-corrected chi connectivity index (χ2v) is 3.77. The molecule has 0 saturated heterocycles. The number of aromatic nitrogens is 1. The summed E-state index contributed by atoms with van der Waals surface area (Å²) in [5, 5.41) is 9.92. The van der Waals surface area contributed by atoms with Gasteiger partial charge >= 0.3 is 6.18 Å². The predicted octanol–water partition coefficient (Wildman–Crippen LogP) is 3.21. The van der Waals surface area contributed by atoms with Crippen LogP contribution < -0.4 is 0 Å². The minimum absolute atomic E-state index is 0.461. The molecule has 2 nitrogen and oxygen atoms in total. The lowest BCUT2D eigenvalue weighted by Gasteiger charge is -2.09. The maximum atomic E-state index is 12.5. The summed E-state index contributed by atoms with van der Waals surface area (Å²) >= 11 is 0. The van der Waals surface area contributed by atoms with Crippen LogP contribution in [0.25, 0.3) is 10.9 Å². The van der Waals surface area contributed by atoms with E-state index in [0.29, 0.717) is 10.9 Å². The maximum absolute atomic E-state index is 12.5. The van der Waals surface area contributed by atoms with Crippen molar-refractivity contribution < 1.29 is 18.3 Å². The van der Waals surface area contributed by atoms with Gasteiger partial charge in [0.25, 0.3) is 0 Å². The quantitative estimate of drug-likeness (QED) is 0.737. The number of hydrogen-bond acceptors (Lipinski definition) is 1. The Balaban J connectivity index is 2.79. The van der Waals surface area contributed by atoms with Crippen molar-refractivity contribution in [3.8, 4) is 5.75 Å². The summed E-state index contributed by atoms with van der Waals surface area (Å²) < 4.78 is 39.3. The molecule has 0 aliphatic carbocycles. The highest BCUT2D eigenvalue weighted by atomic mass is 19.4. The van der Waals surface area contributed by atoms with Crippen molar-refractivity contribution in [1.29, 1.82) is 0 Å². The van der Waals surface area contributed by atoms with Gasteiger partial charge in [0.2, 0.25) is 0 Å². The standard InChI is InChI=1S/C11H10F3NO/c1-6-3-7-4-10(16)8(11(12,13)14)5-9(7)15(6)2/h3-5,16H,1-2H3. The third kappa shape index (κ3) is 1.52. The van der Waals surface area contributed by atoms with Crippen LogP contribution in [0, 0.1) is 6.92 Å². The van der Waals surface area contributed by atoms with Crippen molar-refractivity contribution >= 4 is 10.9 Å². The van der Waals surface area contributed by atoms with Crippen molar-refractivity contribution in [2.45, 2.75) is 13.1 Å². The highest BCUT2D eigenvalue weighted by Crippen LogP contribution is 2.38. The fraction of sp³-hybridized carbons (Fsp3) is 0.273. The van der Waals surface area contributed by atoms with E-state index in [1.807, 2.05) is 0 Å². The summed E-state index contributed by atoms with van der Waals surface area (Å²) in [4.78, 5) is 0. The molecule has 0 radical (unpaired) electrons. The number of benzene rings is 1. The molecule has 0 fully saturated rings. The number of hydrogen-bond donors (Lipinski definition) is 1. The summed E-state index contributed by atoms with van der Waals surface area (Å²) in [6.45, 7) is 1.80. The van der Waals surface area contributed by atoms with Gasteiger partial charge in [-0.25, -0.2) is 0 Å². The van der Waals surface area contributed by atoms with E-state index in [1.165, 1.54) is 0 Å². The lowest BCUT2D eigenvalue weighted by Crippen LogP contribution is -2.05. The molecule has 1 N–H and O–H groups in total. The van der Waals surface area contributed by atoms with Crippen molar-refractivity contribution in [1.82, 2.24) is 4.57 Å². The molecule has 1 aromatic heterocycles. The van der Waals surface area contributed by atoms with Crippen molar-refractivity contribution in [2.75, 3.05) is 0 Å². The number of aryl methyl sites for hydroxylation is 2. The Kier molecular flexibility index (Phi) is 2.15. The Labute approximate surface area is 89.9 Å². The lowest BCUT2D eigenvalue weighted by atomic mass is 10.1. The van der Waals surface area contributed by atoms with Crippen LogP contribution in [0.5, 0.6) is 5.75 Å². The van der Waals surface area contributed by atoms with Crippen LogP contribution in [0.15, 0.2) is 18.2 Å². The van der Waals surface area contributed by atoms with Gasteiger partial charge < -0.3 is 9.67 Å². The van der Waals surface area contributed by atoms with Crippen LogP contribution in [-0.4, -0.2) is 9.67 Å². The average molecular weight is 229 g/mol. The smallest absolute Gasteiger partial charge is 0.420 e. The second kappa shape index (κ2) is 3.17. The monoisotopic (exact) mass is 229 g/mol. The zero-order valence-electron chi connectivity index (χ0n) is 8.76. The maximum Gasteiger partial charge on any atom is 0.420 e. The first-order chi connectivity index (χ1) is 7.30. The molecule has 0 saturated carbocycles.